The van der Waals surface area contributed by atoms with Gasteiger partial charge in [0, 0.05) is 24.5 Å². The van der Waals surface area contributed by atoms with Crippen molar-refractivity contribution in [3.8, 4) is 0 Å². The first kappa shape index (κ1) is 13.4. The number of aromatic carboxylic acids is 1. The average molecular weight is 237 g/mol. The summed E-state index contributed by atoms with van der Waals surface area (Å²) in [6, 6.07) is 1.93. The second-order valence-electron chi connectivity index (χ2n) is 4.48. The lowest BCUT2D eigenvalue weighted by Crippen LogP contribution is -2.30. The Kier molecular flexibility index (Phi) is 4.45. The molecule has 17 heavy (non-hydrogen) atoms. The van der Waals surface area contributed by atoms with Gasteiger partial charge in [-0.2, -0.15) is 0 Å². The molecule has 0 bridgehead atoms. The van der Waals surface area contributed by atoms with Crippen LogP contribution in [0, 0.1) is 6.92 Å². The number of pyridine rings is 1. The van der Waals surface area contributed by atoms with E-state index in [0.29, 0.717) is 5.69 Å². The highest BCUT2D eigenvalue weighted by Crippen LogP contribution is 2.16. The molecule has 2 N–H and O–H groups in total. The van der Waals surface area contributed by atoms with E-state index in [9.17, 15) is 4.79 Å². The van der Waals surface area contributed by atoms with Gasteiger partial charge in [0.1, 0.15) is 5.56 Å². The summed E-state index contributed by atoms with van der Waals surface area (Å²) in [5.41, 5.74) is 1.63. The summed E-state index contributed by atoms with van der Waals surface area (Å²) in [4.78, 5) is 17.1. The van der Waals surface area contributed by atoms with E-state index in [4.69, 9.17) is 5.11 Å². The lowest BCUT2D eigenvalue weighted by atomic mass is 10.2. The summed E-state index contributed by atoms with van der Waals surface area (Å²) in [5, 5.41) is 12.3. The molecule has 0 aliphatic carbocycles. The van der Waals surface area contributed by atoms with Crippen LogP contribution in [0.2, 0.25) is 0 Å². The van der Waals surface area contributed by atoms with Crippen molar-refractivity contribution in [2.75, 3.05) is 26.0 Å². The molecule has 0 saturated carbocycles. The van der Waals surface area contributed by atoms with Crippen molar-refractivity contribution in [3.63, 3.8) is 0 Å². The Balaban J connectivity index is 2.88. The number of carboxylic acid groups (broad SMARTS) is 1. The highest BCUT2D eigenvalue weighted by molar-refractivity contribution is 5.93. The molecule has 0 fully saturated rings. The van der Waals surface area contributed by atoms with Crippen LogP contribution in [-0.2, 0) is 0 Å². The standard InChI is InChI=1S/C12H19N3O2/c1-8-5-11(10(6-13-8)12(16)17)14-9(2)7-15(3)4/h5-6,9H,7H2,1-4H3,(H,13,14)(H,16,17). The lowest BCUT2D eigenvalue weighted by Gasteiger charge is -2.20. The van der Waals surface area contributed by atoms with E-state index in [1.807, 2.05) is 32.8 Å². The van der Waals surface area contributed by atoms with Crippen molar-refractivity contribution in [3.05, 3.63) is 23.5 Å². The highest BCUT2D eigenvalue weighted by atomic mass is 16.4. The Morgan fingerprint density at radius 3 is 2.76 bits per heavy atom. The third kappa shape index (κ3) is 4.03. The van der Waals surface area contributed by atoms with Crippen molar-refractivity contribution in [2.45, 2.75) is 19.9 Å². The Morgan fingerprint density at radius 1 is 1.59 bits per heavy atom. The van der Waals surface area contributed by atoms with Crippen molar-refractivity contribution in [1.82, 2.24) is 9.88 Å². The monoisotopic (exact) mass is 237 g/mol. The molecule has 1 aromatic heterocycles. The van der Waals surface area contributed by atoms with Gasteiger partial charge in [-0.25, -0.2) is 4.79 Å². The smallest absolute Gasteiger partial charge is 0.339 e. The molecule has 1 unspecified atom stereocenters. The number of nitrogens with one attached hydrogen (secondary N) is 1. The highest BCUT2D eigenvalue weighted by Gasteiger charge is 2.13. The fraction of sp³-hybridized carbons (Fsp3) is 0.500. The first-order valence-electron chi connectivity index (χ1n) is 5.51. The zero-order valence-electron chi connectivity index (χ0n) is 10.7. The number of hydrogen-bond donors (Lipinski definition) is 2. The number of aromatic nitrogens is 1. The third-order valence-electron chi connectivity index (χ3n) is 2.31. The van der Waals surface area contributed by atoms with E-state index in [1.165, 1.54) is 6.20 Å². The van der Waals surface area contributed by atoms with Crippen LogP contribution >= 0.6 is 0 Å². The third-order valence-corrected chi connectivity index (χ3v) is 2.31. The molecule has 1 rings (SSSR count). The van der Waals surface area contributed by atoms with Gasteiger partial charge in [-0.05, 0) is 34.0 Å². The first-order valence-corrected chi connectivity index (χ1v) is 5.51. The molecular formula is C12H19N3O2. The molecule has 0 radical (unpaired) electrons. The van der Waals surface area contributed by atoms with Crippen LogP contribution in [0.1, 0.15) is 23.0 Å². The number of carboxylic acids is 1. The van der Waals surface area contributed by atoms with Crippen LogP contribution < -0.4 is 5.32 Å². The summed E-state index contributed by atoms with van der Waals surface area (Å²) in [7, 11) is 3.96. The lowest BCUT2D eigenvalue weighted by molar-refractivity contribution is 0.0697. The molecule has 1 heterocycles. The minimum Gasteiger partial charge on any atom is -0.478 e. The molecule has 0 amide bonds. The van der Waals surface area contributed by atoms with E-state index in [-0.39, 0.29) is 11.6 Å². The van der Waals surface area contributed by atoms with Crippen molar-refractivity contribution >= 4 is 11.7 Å². The van der Waals surface area contributed by atoms with Gasteiger partial charge < -0.3 is 15.3 Å². The SMILES string of the molecule is Cc1cc(NC(C)CN(C)C)c(C(=O)O)cn1. The normalized spacial score (nSPS) is 12.5. The summed E-state index contributed by atoms with van der Waals surface area (Å²) in [6.07, 6.45) is 1.39. The fourth-order valence-electron chi connectivity index (χ4n) is 1.71. The summed E-state index contributed by atoms with van der Waals surface area (Å²) in [5.74, 6) is -0.961. The van der Waals surface area contributed by atoms with Crippen LogP contribution in [0.25, 0.3) is 0 Å². The van der Waals surface area contributed by atoms with Gasteiger partial charge >= 0.3 is 5.97 Å². The zero-order chi connectivity index (χ0) is 13.0. The summed E-state index contributed by atoms with van der Waals surface area (Å²) in [6.45, 7) is 4.69. The van der Waals surface area contributed by atoms with Gasteiger partial charge in [-0.1, -0.05) is 0 Å². The van der Waals surface area contributed by atoms with Gasteiger partial charge in [0.2, 0.25) is 0 Å². The topological polar surface area (TPSA) is 65.5 Å². The molecule has 0 saturated heterocycles. The molecule has 1 aromatic rings. The maximum atomic E-state index is 11.0. The van der Waals surface area contributed by atoms with Gasteiger partial charge in [-0.3, -0.25) is 4.98 Å². The largest absolute Gasteiger partial charge is 0.478 e. The molecule has 0 aliphatic rings. The van der Waals surface area contributed by atoms with Gasteiger partial charge in [-0.15, -0.1) is 0 Å². The van der Waals surface area contributed by atoms with Crippen LogP contribution in [-0.4, -0.2) is 47.6 Å². The summed E-state index contributed by atoms with van der Waals surface area (Å²) < 4.78 is 0. The Morgan fingerprint density at radius 2 is 2.24 bits per heavy atom. The molecule has 94 valence electrons. The van der Waals surface area contributed by atoms with Gasteiger partial charge in [0.05, 0.1) is 5.69 Å². The van der Waals surface area contributed by atoms with E-state index in [1.54, 1.807) is 6.07 Å². The van der Waals surface area contributed by atoms with E-state index < -0.39 is 5.97 Å². The molecule has 0 spiro atoms. The number of anilines is 1. The molecule has 0 aromatic carbocycles. The van der Waals surface area contributed by atoms with Gasteiger partial charge in [0.25, 0.3) is 0 Å². The van der Waals surface area contributed by atoms with E-state index >= 15 is 0 Å². The van der Waals surface area contributed by atoms with Crippen LogP contribution in [0.5, 0.6) is 0 Å². The first-order chi connectivity index (χ1) is 7.90. The van der Waals surface area contributed by atoms with E-state index in [0.717, 1.165) is 12.2 Å². The minimum atomic E-state index is -0.961. The number of carbonyl (C=O) groups is 1. The second-order valence-corrected chi connectivity index (χ2v) is 4.48. The van der Waals surface area contributed by atoms with Crippen molar-refractivity contribution in [2.24, 2.45) is 0 Å². The average Bonchev–Trinajstić information content (AvgIpc) is 2.15. The molecule has 5 heteroatoms. The molecular weight excluding hydrogens is 218 g/mol. The number of nitrogens with zero attached hydrogens (tertiary/aromatic N) is 2. The van der Waals surface area contributed by atoms with Crippen LogP contribution in [0.15, 0.2) is 12.3 Å². The van der Waals surface area contributed by atoms with Crippen LogP contribution in [0.3, 0.4) is 0 Å². The minimum absolute atomic E-state index is 0.171. The number of rotatable bonds is 5. The Hall–Kier alpha value is -1.62. The number of likely N-dealkylation sites (N-methyl/N-ethyl adjacent to an activating group) is 1. The number of aryl methyl sites for hydroxylation is 1. The Bertz CT molecular complexity index is 405. The quantitative estimate of drug-likeness (QED) is 0.811. The predicted octanol–water partition coefficient (Wildman–Crippen LogP) is 1.45. The zero-order valence-corrected chi connectivity index (χ0v) is 10.7. The van der Waals surface area contributed by atoms with Crippen LogP contribution in [0.4, 0.5) is 5.69 Å². The molecule has 5 nitrogen and oxygen atoms in total. The number of hydrogen-bond acceptors (Lipinski definition) is 4. The predicted molar refractivity (Wildman–Crippen MR) is 67.6 cm³/mol. The van der Waals surface area contributed by atoms with Crippen molar-refractivity contribution in [1.29, 1.82) is 0 Å². The van der Waals surface area contributed by atoms with E-state index in [2.05, 4.69) is 10.3 Å². The Labute approximate surface area is 101 Å². The fourth-order valence-corrected chi connectivity index (χ4v) is 1.71. The molecule has 1 atom stereocenters. The second kappa shape index (κ2) is 5.63. The molecule has 0 aliphatic heterocycles. The van der Waals surface area contributed by atoms with Gasteiger partial charge in [0.15, 0.2) is 0 Å². The maximum absolute atomic E-state index is 11.0. The van der Waals surface area contributed by atoms with Crippen molar-refractivity contribution < 1.29 is 9.90 Å². The summed E-state index contributed by atoms with van der Waals surface area (Å²) >= 11 is 0. The maximum Gasteiger partial charge on any atom is 0.339 e.